The predicted molar refractivity (Wildman–Crippen MR) is 56.0 cm³/mol. The zero-order valence-corrected chi connectivity index (χ0v) is 9.27. The van der Waals surface area contributed by atoms with E-state index in [1.54, 1.807) is 0 Å². The summed E-state index contributed by atoms with van der Waals surface area (Å²) < 4.78 is 38.5. The first kappa shape index (κ1) is 12.0. The molecule has 1 aliphatic rings. The van der Waals surface area contributed by atoms with Crippen molar-refractivity contribution in [3.8, 4) is 0 Å². The summed E-state index contributed by atoms with van der Waals surface area (Å²) in [5, 5.41) is 2.64. The van der Waals surface area contributed by atoms with Gasteiger partial charge in [0.1, 0.15) is 0 Å². The summed E-state index contributed by atoms with van der Waals surface area (Å²) in [4.78, 5) is 11.6. The van der Waals surface area contributed by atoms with Gasteiger partial charge >= 0.3 is 0 Å². The molecule has 0 aromatic heterocycles. The second kappa shape index (κ2) is 4.39. The Balaban J connectivity index is 2.13. The van der Waals surface area contributed by atoms with E-state index in [4.69, 9.17) is 0 Å². The van der Waals surface area contributed by atoms with E-state index in [0.717, 1.165) is 12.8 Å². The highest BCUT2D eigenvalue weighted by Gasteiger charge is 2.29. The molecule has 1 amide bonds. The monoisotopic (exact) mass is 243 g/mol. The van der Waals surface area contributed by atoms with Gasteiger partial charge < -0.3 is 5.32 Å². The topological polar surface area (TPSA) is 29.1 Å². The van der Waals surface area contributed by atoms with Gasteiger partial charge in [-0.25, -0.2) is 13.2 Å². The molecule has 0 radical (unpaired) electrons. The molecule has 0 spiro atoms. The molecular weight excluding hydrogens is 231 g/mol. The largest absolute Gasteiger partial charge is 0.349 e. The van der Waals surface area contributed by atoms with Crippen molar-refractivity contribution in [2.75, 3.05) is 0 Å². The first-order valence-electron chi connectivity index (χ1n) is 5.44. The average Bonchev–Trinajstić information content (AvgIpc) is 3.08. The molecule has 2 nitrogen and oxygen atoms in total. The van der Waals surface area contributed by atoms with Crippen LogP contribution >= 0.6 is 0 Å². The standard InChI is InChI=1S/C12H12F3NO/c1-6(7-2-3-7)16-12(17)8-4-9(13)11(15)10(14)5-8/h4-7H,2-3H2,1H3,(H,16,17). The van der Waals surface area contributed by atoms with Gasteiger partial charge in [-0.3, -0.25) is 4.79 Å². The van der Waals surface area contributed by atoms with E-state index >= 15 is 0 Å². The van der Waals surface area contributed by atoms with Crippen molar-refractivity contribution < 1.29 is 18.0 Å². The molecule has 0 heterocycles. The Hall–Kier alpha value is -1.52. The molecule has 1 fully saturated rings. The van der Waals surface area contributed by atoms with Crippen LogP contribution in [0.15, 0.2) is 12.1 Å². The molecular formula is C12H12F3NO. The summed E-state index contributed by atoms with van der Waals surface area (Å²) in [5.74, 6) is -4.41. The molecule has 1 unspecified atom stereocenters. The minimum Gasteiger partial charge on any atom is -0.349 e. The second-order valence-corrected chi connectivity index (χ2v) is 4.35. The highest BCUT2D eigenvalue weighted by Crippen LogP contribution is 2.32. The van der Waals surface area contributed by atoms with Crippen molar-refractivity contribution in [3.05, 3.63) is 35.1 Å². The van der Waals surface area contributed by atoms with E-state index in [9.17, 15) is 18.0 Å². The Morgan fingerprint density at radius 2 is 1.82 bits per heavy atom. The molecule has 1 aromatic carbocycles. The first-order chi connectivity index (χ1) is 7.99. The third-order valence-electron chi connectivity index (χ3n) is 2.93. The van der Waals surface area contributed by atoms with Gasteiger partial charge in [0.15, 0.2) is 17.5 Å². The van der Waals surface area contributed by atoms with Crippen molar-refractivity contribution in [2.45, 2.75) is 25.8 Å². The summed E-state index contributed by atoms with van der Waals surface area (Å²) in [6.07, 6.45) is 2.10. The van der Waals surface area contributed by atoms with Crippen LogP contribution in [0.25, 0.3) is 0 Å². The maximum absolute atomic E-state index is 12.9. The van der Waals surface area contributed by atoms with Crippen LogP contribution < -0.4 is 5.32 Å². The minimum absolute atomic E-state index is 0.0290. The summed E-state index contributed by atoms with van der Waals surface area (Å²) in [6.45, 7) is 1.84. The molecule has 92 valence electrons. The summed E-state index contributed by atoms with van der Waals surface area (Å²) in [7, 11) is 0. The maximum Gasteiger partial charge on any atom is 0.251 e. The number of hydrogen-bond acceptors (Lipinski definition) is 1. The van der Waals surface area contributed by atoms with Gasteiger partial charge in [-0.1, -0.05) is 0 Å². The van der Waals surface area contributed by atoms with Gasteiger partial charge in [0.25, 0.3) is 5.91 Å². The van der Waals surface area contributed by atoms with Crippen molar-refractivity contribution in [1.29, 1.82) is 0 Å². The second-order valence-electron chi connectivity index (χ2n) is 4.35. The number of rotatable bonds is 3. The zero-order chi connectivity index (χ0) is 12.6. The van der Waals surface area contributed by atoms with Crippen molar-refractivity contribution in [1.82, 2.24) is 5.32 Å². The average molecular weight is 243 g/mol. The fourth-order valence-corrected chi connectivity index (χ4v) is 1.69. The molecule has 1 aromatic rings. The molecule has 0 bridgehead atoms. The number of nitrogens with one attached hydrogen (secondary N) is 1. The van der Waals surface area contributed by atoms with Gasteiger partial charge in [-0.05, 0) is 37.8 Å². The number of benzene rings is 1. The Kier molecular flexibility index (Phi) is 3.09. The molecule has 0 saturated heterocycles. The van der Waals surface area contributed by atoms with Gasteiger partial charge in [-0.15, -0.1) is 0 Å². The third-order valence-corrected chi connectivity index (χ3v) is 2.93. The van der Waals surface area contributed by atoms with Gasteiger partial charge in [0.2, 0.25) is 0 Å². The van der Waals surface area contributed by atoms with Crippen LogP contribution in [0.2, 0.25) is 0 Å². The van der Waals surface area contributed by atoms with Crippen LogP contribution in [0, 0.1) is 23.4 Å². The Morgan fingerprint density at radius 3 is 2.29 bits per heavy atom. The fourth-order valence-electron chi connectivity index (χ4n) is 1.69. The lowest BCUT2D eigenvalue weighted by Gasteiger charge is -2.12. The normalized spacial score (nSPS) is 16.7. The number of hydrogen-bond donors (Lipinski definition) is 1. The summed E-state index contributed by atoms with van der Waals surface area (Å²) >= 11 is 0. The van der Waals surface area contributed by atoms with Gasteiger partial charge in [0.05, 0.1) is 0 Å². The van der Waals surface area contributed by atoms with Crippen LogP contribution in [0.5, 0.6) is 0 Å². The van der Waals surface area contributed by atoms with E-state index in [-0.39, 0.29) is 11.6 Å². The SMILES string of the molecule is CC(NC(=O)c1cc(F)c(F)c(F)c1)C1CC1. The third kappa shape index (κ3) is 2.60. The van der Waals surface area contributed by atoms with Crippen molar-refractivity contribution in [2.24, 2.45) is 5.92 Å². The maximum atomic E-state index is 12.9. The van der Waals surface area contributed by atoms with Crippen LogP contribution in [0.3, 0.4) is 0 Å². The molecule has 5 heteroatoms. The van der Waals surface area contributed by atoms with E-state index in [2.05, 4.69) is 5.32 Å². The molecule has 1 atom stereocenters. The smallest absolute Gasteiger partial charge is 0.251 e. The van der Waals surface area contributed by atoms with Crippen LogP contribution in [0.1, 0.15) is 30.1 Å². The number of carbonyl (C=O) groups is 1. The zero-order valence-electron chi connectivity index (χ0n) is 9.27. The quantitative estimate of drug-likeness (QED) is 0.812. The fraction of sp³-hybridized carbons (Fsp3) is 0.417. The van der Waals surface area contributed by atoms with Crippen LogP contribution in [0.4, 0.5) is 13.2 Å². The van der Waals surface area contributed by atoms with E-state index in [1.165, 1.54) is 0 Å². The van der Waals surface area contributed by atoms with Crippen molar-refractivity contribution >= 4 is 5.91 Å². The highest BCUT2D eigenvalue weighted by atomic mass is 19.2. The Morgan fingerprint density at radius 1 is 1.29 bits per heavy atom. The van der Waals surface area contributed by atoms with Crippen LogP contribution in [-0.4, -0.2) is 11.9 Å². The Labute approximate surface area is 96.8 Å². The molecule has 1 N–H and O–H groups in total. The van der Waals surface area contributed by atoms with Gasteiger partial charge in [-0.2, -0.15) is 0 Å². The number of amides is 1. The molecule has 2 rings (SSSR count). The Bertz CT molecular complexity index is 434. The predicted octanol–water partition coefficient (Wildman–Crippen LogP) is 2.63. The lowest BCUT2D eigenvalue weighted by Crippen LogP contribution is -2.34. The lowest BCUT2D eigenvalue weighted by atomic mass is 10.1. The molecule has 17 heavy (non-hydrogen) atoms. The number of carbonyl (C=O) groups excluding carboxylic acids is 1. The summed E-state index contributed by atoms with van der Waals surface area (Å²) in [6, 6.07) is 1.37. The lowest BCUT2D eigenvalue weighted by molar-refractivity contribution is 0.0934. The van der Waals surface area contributed by atoms with E-state index < -0.39 is 23.4 Å². The molecule has 1 saturated carbocycles. The summed E-state index contributed by atoms with van der Waals surface area (Å²) in [5.41, 5.74) is -0.200. The van der Waals surface area contributed by atoms with Crippen LogP contribution in [-0.2, 0) is 0 Å². The number of halogens is 3. The first-order valence-corrected chi connectivity index (χ1v) is 5.44. The highest BCUT2D eigenvalue weighted by molar-refractivity contribution is 5.94. The van der Waals surface area contributed by atoms with E-state index in [0.29, 0.717) is 18.1 Å². The minimum atomic E-state index is -1.56. The van der Waals surface area contributed by atoms with E-state index in [1.807, 2.05) is 6.92 Å². The molecule has 1 aliphatic carbocycles. The van der Waals surface area contributed by atoms with Gasteiger partial charge in [0, 0.05) is 11.6 Å². The molecule has 0 aliphatic heterocycles. The van der Waals surface area contributed by atoms with Crippen molar-refractivity contribution in [3.63, 3.8) is 0 Å².